The van der Waals surface area contributed by atoms with E-state index in [0.717, 1.165) is 43.6 Å². The van der Waals surface area contributed by atoms with Crippen LogP contribution >= 0.6 is 0 Å². The third-order valence-corrected chi connectivity index (χ3v) is 5.99. The smallest absolute Gasteiger partial charge is 0.0657 e. The highest BCUT2D eigenvalue weighted by molar-refractivity contribution is 5.08. The molecule has 4 fully saturated rings. The van der Waals surface area contributed by atoms with Gasteiger partial charge in [0.25, 0.3) is 0 Å². The van der Waals surface area contributed by atoms with Crippen LogP contribution in [0.3, 0.4) is 0 Å². The van der Waals surface area contributed by atoms with E-state index in [9.17, 15) is 5.11 Å². The molecule has 4 aliphatic rings. The Kier molecular flexibility index (Phi) is 3.65. The quantitative estimate of drug-likeness (QED) is 0.710. The molecule has 3 heteroatoms. The van der Waals surface area contributed by atoms with Gasteiger partial charge < -0.3 is 15.7 Å². The van der Waals surface area contributed by atoms with Crippen LogP contribution < -0.4 is 10.6 Å². The lowest BCUT2D eigenvalue weighted by Crippen LogP contribution is -2.62. The predicted molar refractivity (Wildman–Crippen MR) is 78.0 cm³/mol. The van der Waals surface area contributed by atoms with Gasteiger partial charge in [-0.15, -0.1) is 0 Å². The normalized spacial score (nSPS) is 45.9. The summed E-state index contributed by atoms with van der Waals surface area (Å²) in [5.74, 6) is 2.92. The molecule has 0 amide bonds. The largest absolute Gasteiger partial charge is 0.390 e. The molecule has 4 bridgehead atoms. The van der Waals surface area contributed by atoms with E-state index < -0.39 is 0 Å². The zero-order chi connectivity index (χ0) is 13.6. The van der Waals surface area contributed by atoms with Crippen LogP contribution in [0.2, 0.25) is 0 Å². The molecule has 110 valence electrons. The second kappa shape index (κ2) is 5.01. The summed E-state index contributed by atoms with van der Waals surface area (Å²) in [7, 11) is 2.06. The topological polar surface area (TPSA) is 44.3 Å². The van der Waals surface area contributed by atoms with Crippen molar-refractivity contribution in [3.63, 3.8) is 0 Å². The Hall–Kier alpha value is -0.120. The summed E-state index contributed by atoms with van der Waals surface area (Å²) in [6.45, 7) is 5.62. The molecule has 0 aromatic heterocycles. The number of nitrogens with one attached hydrogen (secondary N) is 2. The van der Waals surface area contributed by atoms with Gasteiger partial charge in [0.2, 0.25) is 0 Å². The summed E-state index contributed by atoms with van der Waals surface area (Å²) in [6, 6.07) is 1.21. The van der Waals surface area contributed by atoms with Gasteiger partial charge >= 0.3 is 0 Å². The standard InChI is InChI=1S/C16H30N2O/c1-10(2)14(17-3)9-18-15-12-4-11-5-13(15)8-16(19,6-11)7-12/h10-15,17-19H,4-9H2,1-3H3. The van der Waals surface area contributed by atoms with Crippen LogP contribution in [0.4, 0.5) is 0 Å². The number of likely N-dealkylation sites (N-methyl/N-ethyl adjacent to an activating group) is 1. The Morgan fingerprint density at radius 3 is 2.26 bits per heavy atom. The molecule has 0 heterocycles. The van der Waals surface area contributed by atoms with E-state index in [2.05, 4.69) is 31.5 Å². The molecule has 0 aromatic rings. The minimum absolute atomic E-state index is 0.296. The van der Waals surface area contributed by atoms with Crippen LogP contribution in [0.15, 0.2) is 0 Å². The number of aliphatic hydroxyl groups is 1. The number of hydrogen-bond acceptors (Lipinski definition) is 3. The fourth-order valence-electron chi connectivity index (χ4n) is 5.25. The molecule has 4 rings (SSSR count). The lowest BCUT2D eigenvalue weighted by molar-refractivity contribution is -0.138. The first kappa shape index (κ1) is 13.8. The molecule has 3 nitrogen and oxygen atoms in total. The van der Waals surface area contributed by atoms with Crippen molar-refractivity contribution in [2.45, 2.75) is 63.6 Å². The maximum Gasteiger partial charge on any atom is 0.0657 e. The highest BCUT2D eigenvalue weighted by Gasteiger charge is 2.54. The van der Waals surface area contributed by atoms with Gasteiger partial charge in [0.1, 0.15) is 0 Å². The second-order valence-corrected chi connectivity index (χ2v) is 7.77. The monoisotopic (exact) mass is 266 g/mol. The number of rotatable bonds is 5. The van der Waals surface area contributed by atoms with E-state index in [0.29, 0.717) is 18.0 Å². The molecule has 3 atom stereocenters. The van der Waals surface area contributed by atoms with Crippen molar-refractivity contribution in [1.82, 2.24) is 10.6 Å². The van der Waals surface area contributed by atoms with Crippen molar-refractivity contribution in [2.24, 2.45) is 23.7 Å². The zero-order valence-electron chi connectivity index (χ0n) is 12.7. The lowest BCUT2D eigenvalue weighted by atomic mass is 9.52. The van der Waals surface area contributed by atoms with Crippen LogP contribution in [-0.2, 0) is 0 Å². The van der Waals surface area contributed by atoms with E-state index in [1.54, 1.807) is 0 Å². The molecule has 4 saturated carbocycles. The maximum atomic E-state index is 10.6. The van der Waals surface area contributed by atoms with E-state index in [1.165, 1.54) is 12.8 Å². The molecule has 0 radical (unpaired) electrons. The van der Waals surface area contributed by atoms with E-state index >= 15 is 0 Å². The van der Waals surface area contributed by atoms with Gasteiger partial charge in [-0.05, 0) is 62.8 Å². The van der Waals surface area contributed by atoms with E-state index in [4.69, 9.17) is 0 Å². The van der Waals surface area contributed by atoms with Crippen LogP contribution in [0.1, 0.15) is 46.0 Å². The molecule has 3 unspecified atom stereocenters. The molecule has 0 aliphatic heterocycles. The fourth-order valence-corrected chi connectivity index (χ4v) is 5.25. The van der Waals surface area contributed by atoms with Crippen molar-refractivity contribution in [1.29, 1.82) is 0 Å². The van der Waals surface area contributed by atoms with Gasteiger partial charge in [-0.25, -0.2) is 0 Å². The van der Waals surface area contributed by atoms with Crippen molar-refractivity contribution in [2.75, 3.05) is 13.6 Å². The first-order chi connectivity index (χ1) is 9.00. The van der Waals surface area contributed by atoms with Gasteiger partial charge in [-0.3, -0.25) is 0 Å². The Bertz CT molecular complexity index is 315. The highest BCUT2D eigenvalue weighted by atomic mass is 16.3. The van der Waals surface area contributed by atoms with Crippen molar-refractivity contribution < 1.29 is 5.11 Å². The van der Waals surface area contributed by atoms with Gasteiger partial charge in [0.15, 0.2) is 0 Å². The first-order valence-electron chi connectivity index (χ1n) is 8.14. The summed E-state index contributed by atoms with van der Waals surface area (Å²) in [5, 5.41) is 17.9. The average Bonchev–Trinajstić information content (AvgIpc) is 2.30. The predicted octanol–water partition coefficient (Wildman–Crippen LogP) is 1.76. The summed E-state index contributed by atoms with van der Waals surface area (Å²) in [5.41, 5.74) is -0.296. The van der Waals surface area contributed by atoms with Crippen molar-refractivity contribution in [3.05, 3.63) is 0 Å². The summed E-state index contributed by atoms with van der Waals surface area (Å²) in [6.07, 6.45) is 5.87. The van der Waals surface area contributed by atoms with Crippen molar-refractivity contribution in [3.8, 4) is 0 Å². The average molecular weight is 266 g/mol. The van der Waals surface area contributed by atoms with E-state index in [1.807, 2.05) is 0 Å². The summed E-state index contributed by atoms with van der Waals surface area (Å²) in [4.78, 5) is 0. The maximum absolute atomic E-state index is 10.6. The molecule has 19 heavy (non-hydrogen) atoms. The summed E-state index contributed by atoms with van der Waals surface area (Å²) < 4.78 is 0. The van der Waals surface area contributed by atoms with Crippen LogP contribution in [0.25, 0.3) is 0 Å². The minimum atomic E-state index is -0.296. The summed E-state index contributed by atoms with van der Waals surface area (Å²) >= 11 is 0. The van der Waals surface area contributed by atoms with E-state index in [-0.39, 0.29) is 5.60 Å². The fraction of sp³-hybridized carbons (Fsp3) is 1.00. The molecule has 4 aliphatic carbocycles. The lowest BCUT2D eigenvalue weighted by Gasteiger charge is -2.58. The Labute approximate surface area is 117 Å². The third-order valence-electron chi connectivity index (χ3n) is 5.99. The molecule has 3 N–H and O–H groups in total. The van der Waals surface area contributed by atoms with Crippen LogP contribution in [-0.4, -0.2) is 36.4 Å². The second-order valence-electron chi connectivity index (χ2n) is 7.77. The Balaban J connectivity index is 1.61. The zero-order valence-corrected chi connectivity index (χ0v) is 12.7. The van der Waals surface area contributed by atoms with Gasteiger partial charge in [0.05, 0.1) is 5.60 Å². The van der Waals surface area contributed by atoms with Crippen LogP contribution in [0.5, 0.6) is 0 Å². The van der Waals surface area contributed by atoms with Gasteiger partial charge in [-0.1, -0.05) is 13.8 Å². The minimum Gasteiger partial charge on any atom is -0.390 e. The third kappa shape index (κ3) is 2.57. The molecule has 0 spiro atoms. The molecule has 0 saturated heterocycles. The Morgan fingerprint density at radius 2 is 1.79 bits per heavy atom. The number of hydrogen-bond donors (Lipinski definition) is 3. The first-order valence-corrected chi connectivity index (χ1v) is 8.14. The molecular weight excluding hydrogens is 236 g/mol. The highest BCUT2D eigenvalue weighted by Crippen LogP contribution is 2.55. The van der Waals surface area contributed by atoms with Crippen LogP contribution in [0, 0.1) is 23.7 Å². The van der Waals surface area contributed by atoms with Crippen molar-refractivity contribution >= 4 is 0 Å². The van der Waals surface area contributed by atoms with Gasteiger partial charge in [0, 0.05) is 18.6 Å². The van der Waals surface area contributed by atoms with Gasteiger partial charge in [-0.2, -0.15) is 0 Å². The molecular formula is C16H30N2O. The Morgan fingerprint density at radius 1 is 1.16 bits per heavy atom. The SMILES string of the molecule is CNC(CNC1C2CC3CC1CC(O)(C3)C2)C(C)C. The molecule has 0 aromatic carbocycles.